The number of hydrogen-bond donors (Lipinski definition) is 1. The number of benzene rings is 1. The zero-order chi connectivity index (χ0) is 8.10. The van der Waals surface area contributed by atoms with Gasteiger partial charge < -0.3 is 4.84 Å². The van der Waals surface area contributed by atoms with Gasteiger partial charge in [-0.15, -0.1) is 0 Å². The van der Waals surface area contributed by atoms with Crippen molar-refractivity contribution >= 4 is 0 Å². The topological polar surface area (TPSA) is 21.3 Å². The van der Waals surface area contributed by atoms with Gasteiger partial charge in [0.1, 0.15) is 0 Å². The molecule has 0 radical (unpaired) electrons. The Kier molecular flexibility index (Phi) is 2.93. The van der Waals surface area contributed by atoms with Crippen molar-refractivity contribution in [3.8, 4) is 5.75 Å². The van der Waals surface area contributed by atoms with Crippen molar-refractivity contribution < 1.29 is 4.84 Å². The molecule has 0 aromatic heterocycles. The third-order valence-electron chi connectivity index (χ3n) is 1.42. The molecule has 0 atom stereocenters. The van der Waals surface area contributed by atoms with Gasteiger partial charge in [-0.05, 0) is 6.07 Å². The van der Waals surface area contributed by atoms with Gasteiger partial charge in [0, 0.05) is 5.56 Å². The van der Waals surface area contributed by atoms with E-state index >= 15 is 0 Å². The van der Waals surface area contributed by atoms with E-state index in [4.69, 9.17) is 4.84 Å². The number of hydroxylamine groups is 1. The zero-order valence-corrected chi connectivity index (χ0v) is 6.92. The summed E-state index contributed by atoms with van der Waals surface area (Å²) in [6.07, 6.45) is 0. The molecule has 1 aromatic rings. The molecule has 0 amide bonds. The van der Waals surface area contributed by atoms with E-state index < -0.39 is 0 Å². The Morgan fingerprint density at radius 2 is 2.00 bits per heavy atom. The minimum Gasteiger partial charge on any atom is -0.408 e. The Morgan fingerprint density at radius 3 is 2.73 bits per heavy atom. The summed E-state index contributed by atoms with van der Waals surface area (Å²) in [5, 5.41) is 0. The molecule has 2 nitrogen and oxygen atoms in total. The largest absolute Gasteiger partial charge is 0.408 e. The number of para-hydroxylation sites is 1. The highest BCUT2D eigenvalue weighted by Crippen LogP contribution is 2.20. The Morgan fingerprint density at radius 1 is 1.27 bits per heavy atom. The molecule has 1 aromatic carbocycles. The van der Waals surface area contributed by atoms with Crippen LogP contribution in [-0.4, -0.2) is 0 Å². The lowest BCUT2D eigenvalue weighted by molar-refractivity contribution is 0.224. The summed E-state index contributed by atoms with van der Waals surface area (Å²) in [5.74, 6) is 0.956. The quantitative estimate of drug-likeness (QED) is 0.613. The van der Waals surface area contributed by atoms with E-state index in [1.807, 2.05) is 32.0 Å². The molecule has 0 saturated carbocycles. The van der Waals surface area contributed by atoms with Crippen molar-refractivity contribution in [2.24, 2.45) is 0 Å². The monoisotopic (exact) mass is 151 g/mol. The zero-order valence-electron chi connectivity index (χ0n) is 6.92. The minimum absolute atomic E-state index is 0.830. The summed E-state index contributed by atoms with van der Waals surface area (Å²) in [6, 6.07) is 7.98. The van der Waals surface area contributed by atoms with Crippen LogP contribution in [0.5, 0.6) is 5.75 Å². The van der Waals surface area contributed by atoms with Gasteiger partial charge >= 0.3 is 0 Å². The van der Waals surface area contributed by atoms with Crippen LogP contribution in [-0.2, 0) is 6.54 Å². The molecule has 2 heteroatoms. The lowest BCUT2D eigenvalue weighted by Crippen LogP contribution is -2.07. The molecule has 0 aliphatic carbocycles. The fraction of sp³-hybridized carbons (Fsp3) is 0.333. The molecule has 0 fully saturated rings. The summed E-state index contributed by atoms with van der Waals surface area (Å²) in [6.45, 7) is 4.83. The van der Waals surface area contributed by atoms with Crippen molar-refractivity contribution in [1.29, 1.82) is 0 Å². The first-order chi connectivity index (χ1) is 5.47. The average Bonchev–Trinajstić information content (AvgIpc) is 2.55. The van der Waals surface area contributed by atoms with E-state index in [2.05, 4.69) is 11.5 Å². The number of hydrogen-bond acceptors (Lipinski definition) is 2. The van der Waals surface area contributed by atoms with Crippen LogP contribution in [0.15, 0.2) is 24.3 Å². The predicted octanol–water partition coefficient (Wildman–Crippen LogP) is 2.11. The fourth-order valence-corrected chi connectivity index (χ4v) is 0.941. The van der Waals surface area contributed by atoms with E-state index in [9.17, 15) is 0 Å². The molecular formula is C9H13NO. The standard InChI is InChI=1S/C7H7NO.C2H6/c1-2-4-7-6(3-1)5-8-9-7;1-2/h1-4,8H,5H2;1-2H3. The second-order valence-electron chi connectivity index (χ2n) is 2.03. The summed E-state index contributed by atoms with van der Waals surface area (Å²) in [5.41, 5.74) is 4.02. The lowest BCUT2D eigenvalue weighted by atomic mass is 10.2. The SMILES string of the molecule is CC.c1ccc2c(c1)CNO2. The predicted molar refractivity (Wildman–Crippen MR) is 45.3 cm³/mol. The van der Waals surface area contributed by atoms with Crippen molar-refractivity contribution in [2.45, 2.75) is 20.4 Å². The van der Waals surface area contributed by atoms with Crippen molar-refractivity contribution in [1.82, 2.24) is 5.48 Å². The van der Waals surface area contributed by atoms with Crippen LogP contribution in [0.25, 0.3) is 0 Å². The molecule has 0 spiro atoms. The number of fused-ring (bicyclic) bond motifs is 1. The van der Waals surface area contributed by atoms with Crippen molar-refractivity contribution in [3.63, 3.8) is 0 Å². The molecule has 0 bridgehead atoms. The number of rotatable bonds is 0. The van der Waals surface area contributed by atoms with Crippen molar-refractivity contribution in [3.05, 3.63) is 29.8 Å². The van der Waals surface area contributed by atoms with E-state index in [1.54, 1.807) is 0 Å². The van der Waals surface area contributed by atoms with E-state index in [0.717, 1.165) is 12.3 Å². The molecule has 0 saturated heterocycles. The Bertz CT molecular complexity index is 200. The third-order valence-corrected chi connectivity index (χ3v) is 1.42. The average molecular weight is 151 g/mol. The van der Waals surface area contributed by atoms with Crippen LogP contribution in [0, 0.1) is 0 Å². The molecule has 1 aliphatic rings. The highest BCUT2D eigenvalue weighted by Gasteiger charge is 2.08. The maximum absolute atomic E-state index is 5.05. The highest BCUT2D eigenvalue weighted by atomic mass is 16.7. The van der Waals surface area contributed by atoms with Crippen LogP contribution in [0.3, 0.4) is 0 Å². The smallest absolute Gasteiger partial charge is 0.151 e. The van der Waals surface area contributed by atoms with Crippen LogP contribution in [0.2, 0.25) is 0 Å². The maximum atomic E-state index is 5.05. The lowest BCUT2D eigenvalue weighted by Gasteiger charge is -1.91. The Balaban J connectivity index is 0.000000281. The van der Waals surface area contributed by atoms with Gasteiger partial charge in [0.25, 0.3) is 0 Å². The summed E-state index contributed by atoms with van der Waals surface area (Å²) in [4.78, 5) is 5.05. The van der Waals surface area contributed by atoms with Crippen LogP contribution < -0.4 is 10.3 Å². The first-order valence-corrected chi connectivity index (χ1v) is 3.94. The van der Waals surface area contributed by atoms with Gasteiger partial charge in [0.2, 0.25) is 0 Å². The van der Waals surface area contributed by atoms with Crippen LogP contribution >= 0.6 is 0 Å². The number of nitrogens with one attached hydrogen (secondary N) is 1. The molecule has 1 N–H and O–H groups in total. The Labute approximate surface area is 67.1 Å². The first-order valence-electron chi connectivity index (χ1n) is 3.94. The summed E-state index contributed by atoms with van der Waals surface area (Å²) >= 11 is 0. The second kappa shape index (κ2) is 3.98. The van der Waals surface area contributed by atoms with Gasteiger partial charge in [-0.3, -0.25) is 0 Å². The van der Waals surface area contributed by atoms with Crippen LogP contribution in [0.1, 0.15) is 19.4 Å². The van der Waals surface area contributed by atoms with Gasteiger partial charge in [-0.1, -0.05) is 32.0 Å². The highest BCUT2D eigenvalue weighted by molar-refractivity contribution is 5.34. The minimum atomic E-state index is 0.830. The fourth-order valence-electron chi connectivity index (χ4n) is 0.941. The van der Waals surface area contributed by atoms with Crippen molar-refractivity contribution in [2.75, 3.05) is 0 Å². The van der Waals surface area contributed by atoms with Crippen LogP contribution in [0.4, 0.5) is 0 Å². The van der Waals surface area contributed by atoms with E-state index in [0.29, 0.717) is 0 Å². The summed E-state index contributed by atoms with van der Waals surface area (Å²) < 4.78 is 0. The Hall–Kier alpha value is -1.02. The third kappa shape index (κ3) is 1.71. The van der Waals surface area contributed by atoms with Gasteiger partial charge in [-0.2, -0.15) is 5.48 Å². The van der Waals surface area contributed by atoms with E-state index in [1.165, 1.54) is 5.56 Å². The summed E-state index contributed by atoms with van der Waals surface area (Å²) in [7, 11) is 0. The maximum Gasteiger partial charge on any atom is 0.151 e. The molecule has 60 valence electrons. The molecular weight excluding hydrogens is 138 g/mol. The van der Waals surface area contributed by atoms with Gasteiger partial charge in [0.15, 0.2) is 5.75 Å². The molecule has 1 heterocycles. The molecule has 11 heavy (non-hydrogen) atoms. The molecule has 0 unspecified atom stereocenters. The van der Waals surface area contributed by atoms with Gasteiger partial charge in [0.05, 0.1) is 6.54 Å². The molecule has 2 rings (SSSR count). The van der Waals surface area contributed by atoms with Gasteiger partial charge in [-0.25, -0.2) is 0 Å². The first kappa shape index (κ1) is 8.08. The molecule has 1 aliphatic heterocycles. The normalized spacial score (nSPS) is 12.5. The van der Waals surface area contributed by atoms with E-state index in [-0.39, 0.29) is 0 Å². The second-order valence-corrected chi connectivity index (χ2v) is 2.03.